The maximum atomic E-state index is 13.3. The van der Waals surface area contributed by atoms with E-state index in [1.54, 1.807) is 24.3 Å². The fourth-order valence-corrected chi connectivity index (χ4v) is 4.43. The van der Waals surface area contributed by atoms with Crippen molar-refractivity contribution in [2.24, 2.45) is 0 Å². The molecule has 0 aromatic heterocycles. The van der Waals surface area contributed by atoms with Gasteiger partial charge in [0.1, 0.15) is 0 Å². The van der Waals surface area contributed by atoms with Crippen LogP contribution in [-0.4, -0.2) is 53.6 Å². The fourth-order valence-electron chi connectivity index (χ4n) is 2.64. The lowest BCUT2D eigenvalue weighted by molar-refractivity contribution is -0.120. The first-order valence-corrected chi connectivity index (χ1v) is 11.1. The Labute approximate surface area is 186 Å². The summed E-state index contributed by atoms with van der Waals surface area (Å²) in [5, 5.41) is 5.30. The van der Waals surface area contributed by atoms with Crippen LogP contribution in [0.2, 0.25) is 5.02 Å². The number of ether oxygens (including phenoxy) is 1. The topological polar surface area (TPSA) is 105 Å². The summed E-state index contributed by atoms with van der Waals surface area (Å²) >= 11 is 6.20. The summed E-state index contributed by atoms with van der Waals surface area (Å²) in [6.45, 7) is 4.03. The number of carbonyl (C=O) groups excluding carboxylic acids is 2. The third kappa shape index (κ3) is 6.55. The molecule has 0 heterocycles. The highest BCUT2D eigenvalue weighted by Gasteiger charge is 2.26. The van der Waals surface area contributed by atoms with E-state index < -0.39 is 15.9 Å². The van der Waals surface area contributed by atoms with Crippen LogP contribution in [0.3, 0.4) is 0 Å². The van der Waals surface area contributed by atoms with Gasteiger partial charge in [0.05, 0.1) is 35.3 Å². The first-order chi connectivity index (χ1) is 14.8. The molecule has 0 unspecified atom stereocenters. The summed E-state index contributed by atoms with van der Waals surface area (Å²) in [4.78, 5) is 24.0. The van der Waals surface area contributed by atoms with Crippen LogP contribution in [-0.2, 0) is 19.6 Å². The van der Waals surface area contributed by atoms with E-state index in [0.29, 0.717) is 18.8 Å². The molecule has 2 aromatic carbocycles. The Morgan fingerprint density at radius 3 is 2.58 bits per heavy atom. The van der Waals surface area contributed by atoms with Crippen molar-refractivity contribution in [1.82, 2.24) is 10.6 Å². The Kier molecular flexibility index (Phi) is 9.04. The van der Waals surface area contributed by atoms with Crippen molar-refractivity contribution in [2.45, 2.75) is 4.90 Å². The molecule has 0 aliphatic rings. The molecule has 31 heavy (non-hydrogen) atoms. The molecule has 2 N–H and O–H groups in total. The highest BCUT2D eigenvalue weighted by molar-refractivity contribution is 7.92. The van der Waals surface area contributed by atoms with E-state index in [-0.39, 0.29) is 34.5 Å². The quantitative estimate of drug-likeness (QED) is 0.391. The highest BCUT2D eigenvalue weighted by Crippen LogP contribution is 2.30. The van der Waals surface area contributed by atoms with Gasteiger partial charge in [0.25, 0.3) is 15.9 Å². The molecule has 2 rings (SSSR count). The minimum Gasteiger partial charge on any atom is -0.383 e. The summed E-state index contributed by atoms with van der Waals surface area (Å²) in [7, 11) is -2.53. The van der Waals surface area contributed by atoms with Crippen LogP contribution >= 0.6 is 11.6 Å². The number of nitrogens with one attached hydrogen (secondary N) is 2. The highest BCUT2D eigenvalue weighted by atomic mass is 35.5. The molecule has 0 bridgehead atoms. The van der Waals surface area contributed by atoms with Gasteiger partial charge in [-0.15, -0.1) is 6.58 Å². The van der Waals surface area contributed by atoms with Crippen LogP contribution in [0.4, 0.5) is 5.69 Å². The first kappa shape index (κ1) is 24.4. The molecule has 0 aliphatic heterocycles. The van der Waals surface area contributed by atoms with Crippen molar-refractivity contribution in [2.75, 3.05) is 37.7 Å². The second-order valence-corrected chi connectivity index (χ2v) is 8.60. The van der Waals surface area contributed by atoms with Crippen molar-refractivity contribution in [3.8, 4) is 0 Å². The molecule has 0 saturated heterocycles. The normalized spacial score (nSPS) is 10.9. The molecule has 0 atom stereocenters. The van der Waals surface area contributed by atoms with Crippen molar-refractivity contribution in [3.05, 3.63) is 71.8 Å². The van der Waals surface area contributed by atoms with Crippen LogP contribution in [0.5, 0.6) is 0 Å². The number of rotatable bonds is 11. The molecular weight excluding hydrogens is 442 g/mol. The molecule has 0 saturated carbocycles. The SMILES string of the molecule is C=CCN(c1ccccc1Cl)S(=O)(=O)c1cccc(C(=O)NCC(=O)NCCOC)c1. The molecule has 0 radical (unpaired) electrons. The average molecular weight is 466 g/mol. The second kappa shape index (κ2) is 11.5. The van der Waals surface area contributed by atoms with Gasteiger partial charge in [0, 0.05) is 19.2 Å². The minimum atomic E-state index is -4.04. The van der Waals surface area contributed by atoms with E-state index in [9.17, 15) is 18.0 Å². The lowest BCUT2D eigenvalue weighted by Crippen LogP contribution is -2.38. The zero-order valence-electron chi connectivity index (χ0n) is 17.0. The van der Waals surface area contributed by atoms with Crippen molar-refractivity contribution in [3.63, 3.8) is 0 Å². The van der Waals surface area contributed by atoms with Crippen molar-refractivity contribution >= 4 is 39.1 Å². The lowest BCUT2D eigenvalue weighted by Gasteiger charge is -2.24. The summed E-state index contributed by atoms with van der Waals surface area (Å²) in [6.07, 6.45) is 1.44. The number of carbonyl (C=O) groups is 2. The van der Waals surface area contributed by atoms with Gasteiger partial charge in [-0.2, -0.15) is 0 Å². The Bertz CT molecular complexity index is 1040. The monoisotopic (exact) mass is 465 g/mol. The van der Waals surface area contributed by atoms with Gasteiger partial charge in [-0.3, -0.25) is 13.9 Å². The number of halogens is 1. The van der Waals surface area contributed by atoms with Crippen molar-refractivity contribution in [1.29, 1.82) is 0 Å². The molecule has 0 spiro atoms. The van der Waals surface area contributed by atoms with E-state index in [1.165, 1.54) is 37.5 Å². The number of benzene rings is 2. The summed E-state index contributed by atoms with van der Waals surface area (Å²) in [6, 6.07) is 12.1. The molecule has 10 heteroatoms. The van der Waals surface area contributed by atoms with Crippen LogP contribution in [0.1, 0.15) is 10.4 Å². The van der Waals surface area contributed by atoms with Gasteiger partial charge in [-0.05, 0) is 30.3 Å². The predicted octanol–water partition coefficient (Wildman–Crippen LogP) is 2.21. The zero-order chi connectivity index (χ0) is 22.9. The van der Waals surface area contributed by atoms with E-state index in [1.807, 2.05) is 0 Å². The molecule has 8 nitrogen and oxygen atoms in total. The minimum absolute atomic E-state index is 0.00979. The van der Waals surface area contributed by atoms with Crippen molar-refractivity contribution < 1.29 is 22.7 Å². The van der Waals surface area contributed by atoms with Crippen LogP contribution in [0.25, 0.3) is 0 Å². The molecular formula is C21H24ClN3O5S. The first-order valence-electron chi connectivity index (χ1n) is 9.33. The smallest absolute Gasteiger partial charge is 0.264 e. The summed E-state index contributed by atoms with van der Waals surface area (Å²) in [5.74, 6) is -0.961. The standard InChI is InChI=1S/C21H24ClN3O5S/c1-3-12-25(19-10-5-4-9-18(19)22)31(28,29)17-8-6-7-16(14-17)21(27)24-15-20(26)23-11-13-30-2/h3-10,14H,1,11-13,15H2,2H3,(H,23,26)(H,24,27). The Morgan fingerprint density at radius 2 is 1.90 bits per heavy atom. The van der Waals surface area contributed by atoms with E-state index in [2.05, 4.69) is 17.2 Å². The fraction of sp³-hybridized carbons (Fsp3) is 0.238. The van der Waals surface area contributed by atoms with Gasteiger partial charge in [-0.25, -0.2) is 8.42 Å². The number of anilines is 1. The summed E-state index contributed by atoms with van der Waals surface area (Å²) < 4.78 is 32.5. The Hall–Kier alpha value is -2.88. The second-order valence-electron chi connectivity index (χ2n) is 6.33. The number of hydrogen-bond donors (Lipinski definition) is 2. The van der Waals surface area contributed by atoms with Gasteiger partial charge >= 0.3 is 0 Å². The number of amides is 2. The number of nitrogens with zero attached hydrogens (tertiary/aromatic N) is 1. The number of sulfonamides is 1. The number of methoxy groups -OCH3 is 1. The van der Waals surface area contributed by atoms with E-state index in [0.717, 1.165) is 4.31 Å². The maximum Gasteiger partial charge on any atom is 0.264 e. The number of para-hydroxylation sites is 1. The molecule has 0 fully saturated rings. The van der Waals surface area contributed by atoms with Gasteiger partial charge in [-0.1, -0.05) is 35.9 Å². The molecule has 2 aromatic rings. The van der Waals surface area contributed by atoms with E-state index in [4.69, 9.17) is 16.3 Å². The van der Waals surface area contributed by atoms with Gasteiger partial charge in [0.2, 0.25) is 5.91 Å². The summed E-state index contributed by atoms with van der Waals surface area (Å²) in [5.41, 5.74) is 0.398. The van der Waals surface area contributed by atoms with Gasteiger partial charge < -0.3 is 15.4 Å². The van der Waals surface area contributed by atoms with Gasteiger partial charge in [0.15, 0.2) is 0 Å². The van der Waals surface area contributed by atoms with E-state index >= 15 is 0 Å². The largest absolute Gasteiger partial charge is 0.383 e. The third-order valence-corrected chi connectivity index (χ3v) is 6.23. The lowest BCUT2D eigenvalue weighted by atomic mass is 10.2. The van der Waals surface area contributed by atoms with Crippen LogP contribution < -0.4 is 14.9 Å². The molecule has 0 aliphatic carbocycles. The van der Waals surface area contributed by atoms with Crippen LogP contribution in [0, 0.1) is 0 Å². The van der Waals surface area contributed by atoms with Crippen LogP contribution in [0.15, 0.2) is 66.1 Å². The molecule has 2 amide bonds. The average Bonchev–Trinajstić information content (AvgIpc) is 2.76. The number of hydrogen-bond acceptors (Lipinski definition) is 5. The maximum absolute atomic E-state index is 13.3. The molecule has 166 valence electrons. The predicted molar refractivity (Wildman–Crippen MR) is 120 cm³/mol. The Morgan fingerprint density at radius 1 is 1.16 bits per heavy atom. The third-order valence-electron chi connectivity index (χ3n) is 4.14. The Balaban J connectivity index is 2.22. The zero-order valence-corrected chi connectivity index (χ0v) is 18.6.